The molecule has 4 aliphatic carbocycles. The van der Waals surface area contributed by atoms with Crippen molar-refractivity contribution in [2.45, 2.75) is 83.1 Å². The first-order valence-electron chi connectivity index (χ1n) is 11.9. The molecule has 3 saturated carbocycles. The zero-order chi connectivity index (χ0) is 23.1. The first-order valence-corrected chi connectivity index (χ1v) is 11.9. The molecule has 0 amide bonds. The summed E-state index contributed by atoms with van der Waals surface area (Å²) in [4.78, 5) is 25.3. The summed E-state index contributed by atoms with van der Waals surface area (Å²) in [5, 5.41) is 32.7. The minimum Gasteiger partial charge on any atom is -0.393 e. The maximum absolute atomic E-state index is 13.2. The number of aliphatic hydroxyl groups is 3. The maximum Gasteiger partial charge on any atom is 0.193 e. The highest BCUT2D eigenvalue weighted by atomic mass is 16.7. The van der Waals surface area contributed by atoms with Gasteiger partial charge >= 0.3 is 0 Å². The Morgan fingerprint density at radius 1 is 1.25 bits per heavy atom. The minimum atomic E-state index is -1.33. The monoisotopic (exact) mass is 446 g/mol. The van der Waals surface area contributed by atoms with E-state index in [4.69, 9.17) is 9.47 Å². The quantitative estimate of drug-likeness (QED) is 0.602. The van der Waals surface area contributed by atoms with Crippen molar-refractivity contribution in [3.63, 3.8) is 0 Å². The maximum atomic E-state index is 13.2. The topological polar surface area (TPSA) is 113 Å². The van der Waals surface area contributed by atoms with Gasteiger partial charge in [-0.2, -0.15) is 0 Å². The predicted molar refractivity (Wildman–Crippen MR) is 114 cm³/mol. The van der Waals surface area contributed by atoms with E-state index in [-0.39, 0.29) is 23.5 Å². The van der Waals surface area contributed by atoms with Gasteiger partial charge in [-0.3, -0.25) is 9.59 Å². The van der Waals surface area contributed by atoms with Crippen molar-refractivity contribution in [3.8, 4) is 0 Å². The third-order valence-electron chi connectivity index (χ3n) is 9.40. The van der Waals surface area contributed by atoms with E-state index in [9.17, 15) is 24.9 Å². The Morgan fingerprint density at radius 3 is 2.69 bits per heavy atom. The van der Waals surface area contributed by atoms with Gasteiger partial charge in [-0.05, 0) is 49.7 Å². The van der Waals surface area contributed by atoms with E-state index < -0.39 is 53.4 Å². The van der Waals surface area contributed by atoms with Crippen LogP contribution in [0, 0.1) is 28.6 Å². The van der Waals surface area contributed by atoms with Crippen LogP contribution in [0.4, 0.5) is 0 Å². The average Bonchev–Trinajstić information content (AvgIpc) is 3.21. The molecule has 0 aromatic carbocycles. The van der Waals surface area contributed by atoms with Crippen LogP contribution in [0.25, 0.3) is 0 Å². The summed E-state index contributed by atoms with van der Waals surface area (Å²) in [6, 6.07) is 0. The SMILES string of the molecule is CCCC1OC2CC3C4C(O)CC5=CC(=O)C=CC5(C)C4C(O)CC3(C)C2(C(=O)CO)O1. The van der Waals surface area contributed by atoms with Crippen LogP contribution >= 0.6 is 0 Å². The van der Waals surface area contributed by atoms with Crippen molar-refractivity contribution >= 4 is 11.6 Å². The van der Waals surface area contributed by atoms with Crippen LogP contribution in [0.3, 0.4) is 0 Å². The van der Waals surface area contributed by atoms with Gasteiger partial charge in [0.15, 0.2) is 23.5 Å². The van der Waals surface area contributed by atoms with E-state index in [1.165, 1.54) is 0 Å². The van der Waals surface area contributed by atoms with Gasteiger partial charge in [-0.1, -0.05) is 38.8 Å². The molecule has 3 N–H and O–H groups in total. The van der Waals surface area contributed by atoms with Gasteiger partial charge in [0.25, 0.3) is 0 Å². The molecule has 0 radical (unpaired) electrons. The van der Waals surface area contributed by atoms with Crippen LogP contribution in [-0.4, -0.2) is 63.7 Å². The van der Waals surface area contributed by atoms with Crippen molar-refractivity contribution in [2.24, 2.45) is 28.6 Å². The highest BCUT2D eigenvalue weighted by molar-refractivity contribution is 6.01. The Bertz CT molecular complexity index is 895. The number of hydrogen-bond donors (Lipinski definition) is 3. The molecule has 10 unspecified atom stereocenters. The Balaban J connectivity index is 1.59. The van der Waals surface area contributed by atoms with E-state index in [1.54, 1.807) is 12.2 Å². The van der Waals surface area contributed by atoms with Crippen LogP contribution in [0.5, 0.6) is 0 Å². The summed E-state index contributed by atoms with van der Waals surface area (Å²) in [6.07, 6.45) is 5.15. The van der Waals surface area contributed by atoms with Crippen molar-refractivity contribution in [1.29, 1.82) is 0 Å². The fourth-order valence-corrected chi connectivity index (χ4v) is 8.09. The van der Waals surface area contributed by atoms with E-state index in [1.807, 2.05) is 26.8 Å². The lowest BCUT2D eigenvalue weighted by atomic mass is 9.45. The minimum absolute atomic E-state index is 0.0927. The Kier molecular flexibility index (Phi) is 5.12. The van der Waals surface area contributed by atoms with Crippen molar-refractivity contribution in [2.75, 3.05) is 6.61 Å². The molecular weight excluding hydrogens is 412 g/mol. The van der Waals surface area contributed by atoms with Gasteiger partial charge in [-0.25, -0.2) is 0 Å². The fourth-order valence-electron chi connectivity index (χ4n) is 8.09. The molecule has 0 aromatic heterocycles. The molecule has 0 aromatic rings. The number of ketones is 2. The number of carbonyl (C=O) groups excluding carboxylic acids is 2. The van der Waals surface area contributed by atoms with Crippen LogP contribution in [0.2, 0.25) is 0 Å². The second-order valence-corrected chi connectivity index (χ2v) is 10.9. The number of rotatable bonds is 4. The zero-order valence-electron chi connectivity index (χ0n) is 19.0. The molecule has 5 aliphatic rings. The third kappa shape index (κ3) is 2.66. The van der Waals surface area contributed by atoms with E-state index in [0.717, 1.165) is 12.0 Å². The van der Waals surface area contributed by atoms with Gasteiger partial charge in [0.1, 0.15) is 6.61 Å². The van der Waals surface area contributed by atoms with Crippen LogP contribution < -0.4 is 0 Å². The second kappa shape index (κ2) is 7.31. The van der Waals surface area contributed by atoms with Gasteiger partial charge in [0.05, 0.1) is 18.3 Å². The molecule has 4 fully saturated rings. The van der Waals surface area contributed by atoms with Crippen molar-refractivity contribution in [1.82, 2.24) is 0 Å². The zero-order valence-corrected chi connectivity index (χ0v) is 19.0. The number of carbonyl (C=O) groups is 2. The largest absolute Gasteiger partial charge is 0.393 e. The molecule has 176 valence electrons. The highest BCUT2D eigenvalue weighted by Crippen LogP contribution is 2.69. The van der Waals surface area contributed by atoms with Gasteiger partial charge in [0.2, 0.25) is 0 Å². The molecule has 7 heteroatoms. The van der Waals surface area contributed by atoms with E-state index in [2.05, 4.69) is 0 Å². The lowest BCUT2D eigenvalue weighted by Crippen LogP contribution is -2.65. The number of allylic oxidation sites excluding steroid dienone is 3. The highest BCUT2D eigenvalue weighted by Gasteiger charge is 2.76. The molecule has 0 spiro atoms. The summed E-state index contributed by atoms with van der Waals surface area (Å²) < 4.78 is 12.6. The van der Waals surface area contributed by atoms with Crippen LogP contribution in [0.15, 0.2) is 23.8 Å². The lowest BCUT2D eigenvalue weighted by Gasteiger charge is -2.60. The summed E-state index contributed by atoms with van der Waals surface area (Å²) in [7, 11) is 0. The summed E-state index contributed by atoms with van der Waals surface area (Å²) in [5.74, 6) is -1.19. The summed E-state index contributed by atoms with van der Waals surface area (Å²) in [5.41, 5.74) is -1.78. The molecule has 1 saturated heterocycles. The molecular formula is C25H34O7. The number of hydrogen-bond acceptors (Lipinski definition) is 7. The molecule has 0 bridgehead atoms. The molecule has 32 heavy (non-hydrogen) atoms. The first-order chi connectivity index (χ1) is 15.1. The Labute approximate surface area is 188 Å². The summed E-state index contributed by atoms with van der Waals surface area (Å²) >= 11 is 0. The predicted octanol–water partition coefficient (Wildman–Crippen LogP) is 1.69. The van der Waals surface area contributed by atoms with E-state index in [0.29, 0.717) is 25.7 Å². The van der Waals surface area contributed by atoms with Gasteiger partial charge < -0.3 is 24.8 Å². The van der Waals surface area contributed by atoms with Crippen LogP contribution in [-0.2, 0) is 19.1 Å². The van der Waals surface area contributed by atoms with Crippen molar-refractivity contribution in [3.05, 3.63) is 23.8 Å². The molecule has 5 rings (SSSR count). The Hall–Kier alpha value is -1.38. The number of ether oxygens (including phenoxy) is 2. The van der Waals surface area contributed by atoms with Crippen molar-refractivity contribution < 1.29 is 34.4 Å². The molecule has 1 heterocycles. The number of fused-ring (bicyclic) bond motifs is 7. The molecule has 7 nitrogen and oxygen atoms in total. The Morgan fingerprint density at radius 2 is 2.00 bits per heavy atom. The smallest absolute Gasteiger partial charge is 0.193 e. The van der Waals surface area contributed by atoms with Gasteiger partial charge in [0, 0.05) is 16.7 Å². The fraction of sp³-hybridized carbons (Fsp3) is 0.760. The number of aliphatic hydroxyl groups excluding tert-OH is 3. The number of Topliss-reactive ketones (excluding diaryl/α,β-unsaturated/α-hetero) is 1. The second-order valence-electron chi connectivity index (χ2n) is 10.9. The van der Waals surface area contributed by atoms with Gasteiger partial charge in [-0.15, -0.1) is 0 Å². The molecule has 10 atom stereocenters. The average molecular weight is 447 g/mol. The normalized spacial score (nSPS) is 51.5. The summed E-state index contributed by atoms with van der Waals surface area (Å²) in [6.45, 7) is 5.37. The standard InChI is InChI=1S/C25H34O7/c1-4-5-20-31-19-10-15-21-16(28)9-13-8-14(27)6-7-23(13,2)22(21)17(29)11-24(15,3)25(19,32-20)18(30)12-26/h6-8,15-17,19-22,26,28-29H,4-5,9-12H2,1-3H3. The van der Waals surface area contributed by atoms with Crippen LogP contribution in [0.1, 0.15) is 52.9 Å². The van der Waals surface area contributed by atoms with E-state index >= 15 is 0 Å². The third-order valence-corrected chi connectivity index (χ3v) is 9.40. The first kappa shape index (κ1) is 22.4. The molecule has 1 aliphatic heterocycles. The lowest BCUT2D eigenvalue weighted by molar-refractivity contribution is -0.211.